The van der Waals surface area contributed by atoms with Crippen molar-refractivity contribution in [2.45, 2.75) is 73.6 Å². The Labute approximate surface area is 139 Å². The quantitative estimate of drug-likeness (QED) is 0.436. The Morgan fingerprint density at radius 1 is 0.952 bits per heavy atom. The first kappa shape index (κ1) is 20.6. The van der Waals surface area contributed by atoms with Gasteiger partial charge in [-0.05, 0) is 53.4 Å². The van der Waals surface area contributed by atoms with Crippen molar-refractivity contribution in [3.05, 3.63) is 35.4 Å². The number of rotatable bonds is 6. The third-order valence-electron chi connectivity index (χ3n) is 3.81. The van der Waals surface area contributed by atoms with E-state index in [0.29, 0.717) is 17.3 Å². The molecule has 1 aromatic rings. The van der Waals surface area contributed by atoms with Gasteiger partial charge in [-0.1, -0.05) is 72.7 Å². The summed E-state index contributed by atoms with van der Waals surface area (Å²) in [6.45, 7) is 15.7. The first-order valence-corrected chi connectivity index (χ1v) is 9.19. The van der Waals surface area contributed by atoms with Crippen molar-refractivity contribution in [1.82, 2.24) is 0 Å². The van der Waals surface area contributed by atoms with Gasteiger partial charge >= 0.3 is 0 Å². The van der Waals surface area contributed by atoms with Crippen LogP contribution in [0.5, 0.6) is 0 Å². The van der Waals surface area contributed by atoms with Gasteiger partial charge in [-0.2, -0.15) is 12.6 Å². The maximum Gasteiger partial charge on any atom is -0.00902 e. The van der Waals surface area contributed by atoms with Crippen LogP contribution in [0.3, 0.4) is 0 Å². The number of aryl methyl sites for hydroxylation is 1. The SMILES string of the molecule is CC.CC(C)C(c1ccc(CCCCS)cc1)C(C)(C)C. The van der Waals surface area contributed by atoms with E-state index < -0.39 is 0 Å². The Bertz CT molecular complexity index is 356. The molecule has 0 aliphatic heterocycles. The summed E-state index contributed by atoms with van der Waals surface area (Å²) in [5.74, 6) is 2.30. The lowest BCUT2D eigenvalue weighted by Crippen LogP contribution is -2.23. The minimum atomic E-state index is 0.321. The first-order valence-electron chi connectivity index (χ1n) is 8.56. The van der Waals surface area contributed by atoms with Crippen LogP contribution in [0, 0.1) is 11.3 Å². The summed E-state index contributed by atoms with van der Waals surface area (Å²) in [4.78, 5) is 0. The van der Waals surface area contributed by atoms with Crippen LogP contribution in [0.25, 0.3) is 0 Å². The second-order valence-corrected chi connectivity index (χ2v) is 7.46. The molecule has 0 amide bonds. The van der Waals surface area contributed by atoms with Crippen LogP contribution >= 0.6 is 12.6 Å². The zero-order valence-corrected chi connectivity index (χ0v) is 16.1. The number of hydrogen-bond acceptors (Lipinski definition) is 1. The van der Waals surface area contributed by atoms with Crippen LogP contribution in [-0.4, -0.2) is 5.75 Å². The van der Waals surface area contributed by atoms with E-state index in [1.165, 1.54) is 30.4 Å². The average molecular weight is 309 g/mol. The van der Waals surface area contributed by atoms with Gasteiger partial charge in [-0.25, -0.2) is 0 Å². The number of hydrogen-bond donors (Lipinski definition) is 1. The van der Waals surface area contributed by atoms with Gasteiger partial charge in [0.25, 0.3) is 0 Å². The zero-order chi connectivity index (χ0) is 16.5. The predicted octanol–water partition coefficient (Wildman–Crippen LogP) is 6.75. The molecule has 0 N–H and O–H groups in total. The molecule has 1 heteroatoms. The van der Waals surface area contributed by atoms with Crippen LogP contribution in [0.2, 0.25) is 0 Å². The third-order valence-corrected chi connectivity index (χ3v) is 4.13. The van der Waals surface area contributed by atoms with Gasteiger partial charge in [0.1, 0.15) is 0 Å². The number of benzene rings is 1. The van der Waals surface area contributed by atoms with Crippen molar-refractivity contribution in [2.75, 3.05) is 5.75 Å². The van der Waals surface area contributed by atoms with E-state index in [2.05, 4.69) is 71.5 Å². The van der Waals surface area contributed by atoms with Crippen molar-refractivity contribution in [1.29, 1.82) is 0 Å². The molecule has 0 aliphatic carbocycles. The summed E-state index contributed by atoms with van der Waals surface area (Å²) >= 11 is 4.26. The standard InChI is InChI=1S/C18H30S.C2H6/c1-14(2)17(18(3,4)5)16-11-9-15(10-12-16)8-6-7-13-19;1-2/h9-12,14,17,19H,6-8,13H2,1-5H3;1-2H3. The van der Waals surface area contributed by atoms with E-state index in [9.17, 15) is 0 Å². The topological polar surface area (TPSA) is 0 Å². The van der Waals surface area contributed by atoms with E-state index in [1.807, 2.05) is 13.8 Å². The van der Waals surface area contributed by atoms with Crippen LogP contribution in [-0.2, 0) is 6.42 Å². The molecule has 1 aromatic carbocycles. The Kier molecular flexibility index (Phi) is 10.1. The second-order valence-electron chi connectivity index (χ2n) is 7.01. The number of thiol groups is 1. The third kappa shape index (κ3) is 7.40. The molecule has 122 valence electrons. The molecule has 1 atom stereocenters. The van der Waals surface area contributed by atoms with E-state index in [0.717, 1.165) is 5.75 Å². The van der Waals surface area contributed by atoms with Crippen molar-refractivity contribution in [2.24, 2.45) is 11.3 Å². The maximum atomic E-state index is 4.26. The molecular formula is C20H36S. The van der Waals surface area contributed by atoms with Gasteiger partial charge in [-0.3, -0.25) is 0 Å². The molecule has 0 spiro atoms. The Hall–Kier alpha value is -0.430. The minimum Gasteiger partial charge on any atom is -0.179 e. The second kappa shape index (κ2) is 10.3. The molecule has 1 unspecified atom stereocenters. The summed E-state index contributed by atoms with van der Waals surface area (Å²) < 4.78 is 0. The molecule has 0 saturated carbocycles. The first-order chi connectivity index (χ1) is 9.86. The molecule has 0 bridgehead atoms. The van der Waals surface area contributed by atoms with Gasteiger partial charge in [0.2, 0.25) is 0 Å². The van der Waals surface area contributed by atoms with E-state index in [4.69, 9.17) is 0 Å². The van der Waals surface area contributed by atoms with Crippen molar-refractivity contribution >= 4 is 12.6 Å². The smallest absolute Gasteiger partial charge is 0.00902 e. The highest BCUT2D eigenvalue weighted by molar-refractivity contribution is 7.80. The molecule has 0 aliphatic rings. The Balaban J connectivity index is 0.00000191. The van der Waals surface area contributed by atoms with Crippen LogP contribution < -0.4 is 0 Å². The lowest BCUT2D eigenvalue weighted by molar-refractivity contribution is 0.258. The summed E-state index contributed by atoms with van der Waals surface area (Å²) in [5.41, 5.74) is 3.27. The normalized spacial score (nSPS) is 12.8. The summed E-state index contributed by atoms with van der Waals surface area (Å²) in [5, 5.41) is 0. The Morgan fingerprint density at radius 3 is 1.86 bits per heavy atom. The monoisotopic (exact) mass is 308 g/mol. The van der Waals surface area contributed by atoms with Gasteiger partial charge in [0, 0.05) is 0 Å². The molecule has 0 saturated heterocycles. The van der Waals surface area contributed by atoms with Gasteiger partial charge < -0.3 is 0 Å². The molecule has 0 nitrogen and oxygen atoms in total. The van der Waals surface area contributed by atoms with E-state index in [-0.39, 0.29) is 0 Å². The van der Waals surface area contributed by atoms with Crippen molar-refractivity contribution < 1.29 is 0 Å². The molecule has 21 heavy (non-hydrogen) atoms. The highest BCUT2D eigenvalue weighted by Gasteiger charge is 2.28. The lowest BCUT2D eigenvalue weighted by Gasteiger charge is -2.34. The van der Waals surface area contributed by atoms with Crippen LogP contribution in [0.4, 0.5) is 0 Å². The molecule has 0 aromatic heterocycles. The fourth-order valence-corrected chi connectivity index (χ4v) is 3.44. The lowest BCUT2D eigenvalue weighted by atomic mass is 9.70. The van der Waals surface area contributed by atoms with E-state index in [1.54, 1.807) is 0 Å². The number of unbranched alkanes of at least 4 members (excludes halogenated alkanes) is 1. The molecule has 0 radical (unpaired) electrons. The molecular weight excluding hydrogens is 272 g/mol. The highest BCUT2D eigenvalue weighted by atomic mass is 32.1. The highest BCUT2D eigenvalue weighted by Crippen LogP contribution is 2.40. The van der Waals surface area contributed by atoms with Crippen LogP contribution in [0.15, 0.2) is 24.3 Å². The largest absolute Gasteiger partial charge is 0.179 e. The van der Waals surface area contributed by atoms with Gasteiger partial charge in [-0.15, -0.1) is 0 Å². The summed E-state index contributed by atoms with van der Waals surface area (Å²) in [7, 11) is 0. The zero-order valence-electron chi connectivity index (χ0n) is 15.2. The molecule has 0 heterocycles. The fraction of sp³-hybridized carbons (Fsp3) is 0.700. The fourth-order valence-electron chi connectivity index (χ4n) is 3.22. The van der Waals surface area contributed by atoms with Crippen molar-refractivity contribution in [3.8, 4) is 0 Å². The minimum absolute atomic E-state index is 0.321. The maximum absolute atomic E-state index is 4.26. The summed E-state index contributed by atoms with van der Waals surface area (Å²) in [6.07, 6.45) is 3.64. The van der Waals surface area contributed by atoms with E-state index >= 15 is 0 Å². The summed E-state index contributed by atoms with van der Waals surface area (Å²) in [6, 6.07) is 9.31. The van der Waals surface area contributed by atoms with Gasteiger partial charge in [0.15, 0.2) is 0 Å². The molecule has 0 fully saturated rings. The predicted molar refractivity (Wildman–Crippen MR) is 102 cm³/mol. The molecule has 1 rings (SSSR count). The Morgan fingerprint density at radius 2 is 1.48 bits per heavy atom. The van der Waals surface area contributed by atoms with Crippen LogP contribution in [0.1, 0.15) is 78.4 Å². The average Bonchev–Trinajstić information content (AvgIpc) is 2.41. The van der Waals surface area contributed by atoms with Gasteiger partial charge in [0.05, 0.1) is 0 Å². The van der Waals surface area contributed by atoms with Crippen molar-refractivity contribution in [3.63, 3.8) is 0 Å².